The highest BCUT2D eigenvalue weighted by Gasteiger charge is 2.21. The molecule has 0 aliphatic rings. The van der Waals surface area contributed by atoms with Gasteiger partial charge in [-0.25, -0.2) is 0 Å². The number of carbonyl (C=O) groups excluding carboxylic acids is 1. The average Bonchev–Trinajstić information content (AvgIpc) is 2.73. The third-order valence-corrected chi connectivity index (χ3v) is 4.69. The van der Waals surface area contributed by atoms with Crippen LogP contribution in [-0.2, 0) is 4.79 Å². The molecule has 0 heterocycles. The molecule has 1 atom stereocenters. The Bertz CT molecular complexity index is 822. The van der Waals surface area contributed by atoms with Gasteiger partial charge in [0.15, 0.2) is 11.5 Å². The number of rotatable bonds is 9. The Balaban J connectivity index is 2.20. The zero-order valence-corrected chi connectivity index (χ0v) is 18.0. The highest BCUT2D eigenvalue weighted by atomic mass is 16.5. The number of hydrogen-bond acceptors (Lipinski definition) is 5. The van der Waals surface area contributed by atoms with Crippen LogP contribution < -0.4 is 19.5 Å². The molecule has 0 saturated carbocycles. The molecule has 0 radical (unpaired) electrons. The maximum atomic E-state index is 12.6. The van der Waals surface area contributed by atoms with Crippen molar-refractivity contribution < 1.29 is 19.0 Å². The van der Waals surface area contributed by atoms with E-state index in [0.717, 1.165) is 11.1 Å². The Morgan fingerprint density at radius 3 is 2.10 bits per heavy atom. The van der Waals surface area contributed by atoms with Crippen molar-refractivity contribution in [3.8, 4) is 17.2 Å². The van der Waals surface area contributed by atoms with Crippen LogP contribution in [-0.4, -0.2) is 52.8 Å². The van der Waals surface area contributed by atoms with E-state index in [1.807, 2.05) is 74.5 Å². The molecule has 0 aliphatic carbocycles. The third-order valence-electron chi connectivity index (χ3n) is 4.69. The van der Waals surface area contributed by atoms with E-state index in [4.69, 9.17) is 14.2 Å². The number of methoxy groups -OCH3 is 3. The molecule has 0 spiro atoms. The molecule has 0 bridgehead atoms. The van der Waals surface area contributed by atoms with E-state index in [1.165, 1.54) is 0 Å². The second kappa shape index (κ2) is 10.5. The van der Waals surface area contributed by atoms with Crippen molar-refractivity contribution in [3.63, 3.8) is 0 Å². The molecule has 0 fully saturated rings. The molecule has 2 rings (SSSR count). The van der Waals surface area contributed by atoms with Gasteiger partial charge in [0, 0.05) is 12.1 Å². The van der Waals surface area contributed by atoms with Crippen LogP contribution in [0.3, 0.4) is 0 Å². The lowest BCUT2D eigenvalue weighted by atomic mass is 10.0. The maximum Gasteiger partial charge on any atom is 0.247 e. The molecule has 156 valence electrons. The summed E-state index contributed by atoms with van der Waals surface area (Å²) in [5, 5.41) is 3.02. The number of carbonyl (C=O) groups is 1. The number of hydrogen-bond donors (Lipinski definition) is 1. The first-order valence-corrected chi connectivity index (χ1v) is 9.39. The Morgan fingerprint density at radius 1 is 1.03 bits per heavy atom. The summed E-state index contributed by atoms with van der Waals surface area (Å²) in [7, 11) is 8.68. The average molecular weight is 399 g/mol. The zero-order chi connectivity index (χ0) is 21.4. The molecule has 6 heteroatoms. The van der Waals surface area contributed by atoms with E-state index in [-0.39, 0.29) is 11.9 Å². The number of nitrogens with one attached hydrogen (secondary N) is 1. The van der Waals surface area contributed by atoms with Crippen molar-refractivity contribution in [2.45, 2.75) is 13.0 Å². The first kappa shape index (κ1) is 22.3. The van der Waals surface area contributed by atoms with Crippen molar-refractivity contribution in [1.29, 1.82) is 0 Å². The summed E-state index contributed by atoms with van der Waals surface area (Å²) in [5.41, 5.74) is 2.60. The molecule has 1 amide bonds. The molecule has 29 heavy (non-hydrogen) atoms. The van der Waals surface area contributed by atoms with Crippen LogP contribution in [0.25, 0.3) is 6.08 Å². The minimum absolute atomic E-state index is 0.0721. The van der Waals surface area contributed by atoms with Gasteiger partial charge >= 0.3 is 0 Å². The predicted octanol–water partition coefficient (Wildman–Crippen LogP) is 3.53. The maximum absolute atomic E-state index is 12.6. The number of amides is 1. The number of ether oxygens (including phenoxy) is 3. The summed E-state index contributed by atoms with van der Waals surface area (Å²) >= 11 is 0. The summed E-state index contributed by atoms with van der Waals surface area (Å²) in [4.78, 5) is 14.6. The second-order valence-electron chi connectivity index (χ2n) is 6.89. The van der Waals surface area contributed by atoms with E-state index >= 15 is 0 Å². The summed E-state index contributed by atoms with van der Waals surface area (Å²) in [5.74, 6) is 1.61. The molecule has 1 unspecified atom stereocenters. The van der Waals surface area contributed by atoms with Gasteiger partial charge in [0.1, 0.15) is 0 Å². The van der Waals surface area contributed by atoms with Crippen molar-refractivity contribution in [2.75, 3.05) is 42.0 Å². The monoisotopic (exact) mass is 398 g/mol. The molecule has 2 aromatic carbocycles. The van der Waals surface area contributed by atoms with Gasteiger partial charge in [-0.2, -0.15) is 0 Å². The van der Waals surface area contributed by atoms with E-state index < -0.39 is 0 Å². The summed E-state index contributed by atoms with van der Waals surface area (Å²) in [6.07, 6.45) is 1.87. The van der Waals surface area contributed by atoms with Crippen molar-refractivity contribution in [2.24, 2.45) is 0 Å². The van der Waals surface area contributed by atoms with Gasteiger partial charge in [0.25, 0.3) is 0 Å². The molecular formula is C23H30N2O4. The zero-order valence-electron chi connectivity index (χ0n) is 18.0. The van der Waals surface area contributed by atoms with Crippen LogP contribution in [0, 0.1) is 0 Å². The predicted molar refractivity (Wildman–Crippen MR) is 116 cm³/mol. The quantitative estimate of drug-likeness (QED) is 0.655. The van der Waals surface area contributed by atoms with Crippen molar-refractivity contribution >= 4 is 12.0 Å². The molecule has 6 nitrogen and oxygen atoms in total. The van der Waals surface area contributed by atoms with Crippen LogP contribution in [0.5, 0.6) is 17.2 Å². The summed E-state index contributed by atoms with van der Waals surface area (Å²) in [6, 6.07) is 13.5. The Morgan fingerprint density at radius 2 is 1.62 bits per heavy atom. The lowest BCUT2D eigenvalue weighted by molar-refractivity contribution is -0.117. The molecule has 1 N–H and O–H groups in total. The van der Waals surface area contributed by atoms with E-state index in [2.05, 4.69) is 5.32 Å². The van der Waals surface area contributed by atoms with Gasteiger partial charge in [-0.1, -0.05) is 30.3 Å². The van der Waals surface area contributed by atoms with Crippen LogP contribution in [0.15, 0.2) is 48.0 Å². The highest BCUT2D eigenvalue weighted by molar-refractivity contribution is 5.97. The molecule has 0 saturated heterocycles. The molecular weight excluding hydrogens is 368 g/mol. The fraction of sp³-hybridized carbons (Fsp3) is 0.348. The fourth-order valence-electron chi connectivity index (χ4n) is 3.09. The van der Waals surface area contributed by atoms with Crippen LogP contribution in [0.4, 0.5) is 0 Å². The summed E-state index contributed by atoms with van der Waals surface area (Å²) in [6.45, 7) is 2.25. The topological polar surface area (TPSA) is 60.0 Å². The highest BCUT2D eigenvalue weighted by Crippen LogP contribution is 2.40. The van der Waals surface area contributed by atoms with Crippen LogP contribution in [0.2, 0.25) is 0 Å². The number of nitrogens with zero attached hydrogens (tertiary/aromatic N) is 1. The molecule has 0 aromatic heterocycles. The molecule has 0 aliphatic heterocycles. The van der Waals surface area contributed by atoms with Gasteiger partial charge in [-0.05, 0) is 50.4 Å². The first-order valence-electron chi connectivity index (χ1n) is 9.39. The Kier molecular flexibility index (Phi) is 8.09. The number of benzene rings is 2. The fourth-order valence-corrected chi connectivity index (χ4v) is 3.09. The second-order valence-corrected chi connectivity index (χ2v) is 6.89. The smallest absolute Gasteiger partial charge is 0.247 e. The Hall–Kier alpha value is -2.99. The minimum atomic E-state index is -0.104. The largest absolute Gasteiger partial charge is 0.493 e. The third kappa shape index (κ3) is 5.74. The van der Waals surface area contributed by atoms with Crippen LogP contribution in [0.1, 0.15) is 24.1 Å². The van der Waals surface area contributed by atoms with Gasteiger partial charge in [0.2, 0.25) is 11.7 Å². The van der Waals surface area contributed by atoms with Gasteiger partial charge in [0.05, 0.1) is 27.4 Å². The van der Waals surface area contributed by atoms with Gasteiger partial charge in [-0.15, -0.1) is 0 Å². The van der Waals surface area contributed by atoms with Crippen molar-refractivity contribution in [3.05, 3.63) is 59.2 Å². The Labute approximate surface area is 173 Å². The normalized spacial score (nSPS) is 12.4. The SMILES string of the molecule is COc1cc(C(CNC(=O)/C(C)=C/c2ccccc2)N(C)C)cc(OC)c1OC. The summed E-state index contributed by atoms with van der Waals surface area (Å²) < 4.78 is 16.3. The van der Waals surface area contributed by atoms with Gasteiger partial charge < -0.3 is 24.4 Å². The van der Waals surface area contributed by atoms with Crippen molar-refractivity contribution in [1.82, 2.24) is 10.2 Å². The standard InChI is InChI=1S/C23H30N2O4/c1-16(12-17-10-8-7-9-11-17)23(26)24-15-19(25(2)3)18-13-20(27-4)22(29-6)21(14-18)28-5/h7-14,19H,15H2,1-6H3,(H,24,26)/b16-12+. The lowest BCUT2D eigenvalue weighted by Gasteiger charge is -2.26. The first-order chi connectivity index (χ1) is 13.9. The van der Waals surface area contributed by atoms with Gasteiger partial charge in [-0.3, -0.25) is 4.79 Å². The molecule has 2 aromatic rings. The van der Waals surface area contributed by atoms with E-state index in [0.29, 0.717) is 29.4 Å². The van der Waals surface area contributed by atoms with E-state index in [9.17, 15) is 4.79 Å². The number of likely N-dealkylation sites (N-methyl/N-ethyl adjacent to an activating group) is 1. The van der Waals surface area contributed by atoms with Crippen LogP contribution >= 0.6 is 0 Å². The lowest BCUT2D eigenvalue weighted by Crippen LogP contribution is -2.34. The minimum Gasteiger partial charge on any atom is -0.493 e. The van der Waals surface area contributed by atoms with E-state index in [1.54, 1.807) is 21.3 Å².